The number of benzene rings is 2. The van der Waals surface area contributed by atoms with Gasteiger partial charge in [0.15, 0.2) is 0 Å². The number of amides is 1. The fourth-order valence-corrected chi connectivity index (χ4v) is 2.59. The molecule has 4 heteroatoms. The van der Waals surface area contributed by atoms with Gasteiger partial charge < -0.3 is 5.32 Å². The summed E-state index contributed by atoms with van der Waals surface area (Å²) in [7, 11) is 0. The van der Waals surface area contributed by atoms with Crippen LogP contribution in [0.5, 0.6) is 0 Å². The molecule has 2 nitrogen and oxygen atoms in total. The van der Waals surface area contributed by atoms with Gasteiger partial charge in [0.05, 0.1) is 5.56 Å². The minimum absolute atomic E-state index is 0.0516. The van der Waals surface area contributed by atoms with Gasteiger partial charge in [-0.3, -0.25) is 4.79 Å². The van der Waals surface area contributed by atoms with Crippen LogP contribution >= 0.6 is 27.5 Å². The molecule has 1 unspecified atom stereocenters. The smallest absolute Gasteiger partial charge is 0.252 e. The Labute approximate surface area is 132 Å². The lowest BCUT2D eigenvalue weighted by molar-refractivity contribution is 0.0939. The van der Waals surface area contributed by atoms with Gasteiger partial charge >= 0.3 is 0 Å². The Morgan fingerprint density at radius 2 is 1.95 bits per heavy atom. The molecule has 0 heterocycles. The summed E-state index contributed by atoms with van der Waals surface area (Å²) in [6.45, 7) is 1.99. The lowest BCUT2D eigenvalue weighted by atomic mass is 10.1. The van der Waals surface area contributed by atoms with Gasteiger partial charge in [0.2, 0.25) is 0 Å². The molecule has 2 aromatic rings. The summed E-state index contributed by atoms with van der Waals surface area (Å²) in [5.74, 6) is -0.122. The van der Waals surface area contributed by atoms with Crippen LogP contribution in [-0.4, -0.2) is 11.9 Å². The van der Waals surface area contributed by atoms with E-state index in [1.165, 1.54) is 5.56 Å². The van der Waals surface area contributed by atoms with Crippen LogP contribution in [0.3, 0.4) is 0 Å². The van der Waals surface area contributed by atoms with E-state index in [9.17, 15) is 4.79 Å². The zero-order chi connectivity index (χ0) is 14.5. The first-order valence-corrected chi connectivity index (χ1v) is 7.53. The number of carbonyl (C=O) groups is 1. The average molecular weight is 353 g/mol. The maximum absolute atomic E-state index is 12.2. The molecule has 2 aromatic carbocycles. The second-order valence-electron chi connectivity index (χ2n) is 4.69. The third-order valence-electron chi connectivity index (χ3n) is 2.94. The molecule has 0 radical (unpaired) electrons. The Bertz CT molecular complexity index is 601. The first-order valence-electron chi connectivity index (χ1n) is 6.36. The molecule has 0 aromatic heterocycles. The van der Waals surface area contributed by atoms with Crippen LogP contribution < -0.4 is 5.32 Å². The number of rotatable bonds is 4. The van der Waals surface area contributed by atoms with Crippen LogP contribution in [0.25, 0.3) is 0 Å². The first kappa shape index (κ1) is 15.1. The summed E-state index contributed by atoms with van der Waals surface area (Å²) in [6.07, 6.45) is 0.796. The van der Waals surface area contributed by atoms with E-state index in [4.69, 9.17) is 11.6 Å². The van der Waals surface area contributed by atoms with Crippen molar-refractivity contribution in [3.05, 3.63) is 69.2 Å². The fourth-order valence-electron chi connectivity index (χ4n) is 1.99. The van der Waals surface area contributed by atoms with Crippen molar-refractivity contribution in [1.82, 2.24) is 5.32 Å². The molecule has 2 rings (SSSR count). The Kier molecular flexibility index (Phi) is 5.21. The topological polar surface area (TPSA) is 29.1 Å². The molecule has 0 fully saturated rings. The number of carbonyl (C=O) groups excluding carboxylic acids is 1. The SMILES string of the molecule is CC(Cc1ccccc1)NC(=O)c1cc(Cl)ccc1Br. The average Bonchev–Trinajstić information content (AvgIpc) is 2.42. The van der Waals surface area contributed by atoms with E-state index in [1.807, 2.05) is 25.1 Å². The summed E-state index contributed by atoms with van der Waals surface area (Å²) in [5.41, 5.74) is 1.75. The van der Waals surface area contributed by atoms with Crippen molar-refractivity contribution in [2.75, 3.05) is 0 Å². The summed E-state index contributed by atoms with van der Waals surface area (Å²) in [5, 5.41) is 3.54. The van der Waals surface area contributed by atoms with E-state index in [-0.39, 0.29) is 11.9 Å². The van der Waals surface area contributed by atoms with Crippen molar-refractivity contribution in [2.45, 2.75) is 19.4 Å². The number of nitrogens with one attached hydrogen (secondary N) is 1. The lowest BCUT2D eigenvalue weighted by Crippen LogP contribution is -2.34. The molecule has 20 heavy (non-hydrogen) atoms. The number of hydrogen-bond donors (Lipinski definition) is 1. The summed E-state index contributed by atoms with van der Waals surface area (Å²) in [4.78, 5) is 12.2. The van der Waals surface area contributed by atoms with Gasteiger partial charge in [-0.25, -0.2) is 0 Å². The molecule has 0 aliphatic rings. The van der Waals surface area contributed by atoms with Gasteiger partial charge in [-0.2, -0.15) is 0 Å². The second-order valence-corrected chi connectivity index (χ2v) is 5.98. The Morgan fingerprint density at radius 1 is 1.25 bits per heavy atom. The van der Waals surface area contributed by atoms with Gasteiger partial charge in [0.1, 0.15) is 0 Å². The Morgan fingerprint density at radius 3 is 2.65 bits per heavy atom. The highest BCUT2D eigenvalue weighted by Gasteiger charge is 2.13. The van der Waals surface area contributed by atoms with E-state index in [0.717, 1.165) is 10.9 Å². The van der Waals surface area contributed by atoms with Crippen molar-refractivity contribution in [3.8, 4) is 0 Å². The maximum Gasteiger partial charge on any atom is 0.252 e. The minimum atomic E-state index is -0.122. The first-order chi connectivity index (χ1) is 9.56. The lowest BCUT2D eigenvalue weighted by Gasteiger charge is -2.15. The quantitative estimate of drug-likeness (QED) is 0.864. The van der Waals surface area contributed by atoms with E-state index in [2.05, 4.69) is 33.4 Å². The van der Waals surface area contributed by atoms with Crippen LogP contribution in [0, 0.1) is 0 Å². The molecule has 104 valence electrons. The molecule has 0 aliphatic carbocycles. The van der Waals surface area contributed by atoms with Crippen LogP contribution in [0.2, 0.25) is 5.02 Å². The third kappa shape index (κ3) is 4.09. The Hall–Kier alpha value is -1.32. The highest BCUT2D eigenvalue weighted by molar-refractivity contribution is 9.10. The van der Waals surface area contributed by atoms with Crippen LogP contribution in [-0.2, 0) is 6.42 Å². The van der Waals surface area contributed by atoms with Crippen LogP contribution in [0.1, 0.15) is 22.8 Å². The van der Waals surface area contributed by atoms with Crippen LogP contribution in [0.4, 0.5) is 0 Å². The molecule has 0 bridgehead atoms. The van der Waals surface area contributed by atoms with Gasteiger partial charge in [0.25, 0.3) is 5.91 Å². The number of halogens is 2. The molecular formula is C16H15BrClNO. The minimum Gasteiger partial charge on any atom is -0.349 e. The largest absolute Gasteiger partial charge is 0.349 e. The van der Waals surface area contributed by atoms with Gasteiger partial charge in [0, 0.05) is 15.5 Å². The van der Waals surface area contributed by atoms with Gasteiger partial charge in [-0.1, -0.05) is 41.9 Å². The highest BCUT2D eigenvalue weighted by Crippen LogP contribution is 2.21. The second kappa shape index (κ2) is 6.91. The zero-order valence-electron chi connectivity index (χ0n) is 11.1. The highest BCUT2D eigenvalue weighted by atomic mass is 79.9. The Balaban J connectivity index is 2.02. The van der Waals surface area contributed by atoms with Gasteiger partial charge in [-0.15, -0.1) is 0 Å². The van der Waals surface area contributed by atoms with E-state index in [0.29, 0.717) is 10.6 Å². The molecule has 1 amide bonds. The molecule has 1 atom stereocenters. The van der Waals surface area contributed by atoms with E-state index < -0.39 is 0 Å². The molecular weight excluding hydrogens is 338 g/mol. The predicted octanol–water partition coefficient (Wildman–Crippen LogP) is 4.46. The summed E-state index contributed by atoms with van der Waals surface area (Å²) >= 11 is 9.29. The molecule has 0 spiro atoms. The summed E-state index contributed by atoms with van der Waals surface area (Å²) < 4.78 is 0.742. The third-order valence-corrected chi connectivity index (χ3v) is 3.86. The van der Waals surface area contributed by atoms with E-state index in [1.54, 1.807) is 18.2 Å². The van der Waals surface area contributed by atoms with Crippen molar-refractivity contribution in [3.63, 3.8) is 0 Å². The fraction of sp³-hybridized carbons (Fsp3) is 0.188. The van der Waals surface area contributed by atoms with Crippen molar-refractivity contribution in [1.29, 1.82) is 0 Å². The summed E-state index contributed by atoms with van der Waals surface area (Å²) in [6, 6.07) is 15.3. The van der Waals surface area contributed by atoms with Crippen LogP contribution in [0.15, 0.2) is 53.0 Å². The van der Waals surface area contributed by atoms with Crippen molar-refractivity contribution < 1.29 is 4.79 Å². The molecule has 0 aliphatic heterocycles. The monoisotopic (exact) mass is 351 g/mol. The maximum atomic E-state index is 12.2. The number of hydrogen-bond acceptors (Lipinski definition) is 1. The van der Waals surface area contributed by atoms with Crippen molar-refractivity contribution >= 4 is 33.4 Å². The van der Waals surface area contributed by atoms with Gasteiger partial charge in [-0.05, 0) is 53.0 Å². The standard InChI is InChI=1S/C16H15BrClNO/c1-11(9-12-5-3-2-4-6-12)19-16(20)14-10-13(18)7-8-15(14)17/h2-8,10-11H,9H2,1H3,(H,19,20). The molecule has 1 N–H and O–H groups in total. The normalized spacial score (nSPS) is 11.9. The zero-order valence-corrected chi connectivity index (χ0v) is 13.4. The molecule has 0 saturated heterocycles. The van der Waals surface area contributed by atoms with Crippen molar-refractivity contribution in [2.24, 2.45) is 0 Å². The van der Waals surface area contributed by atoms with E-state index >= 15 is 0 Å². The molecule has 0 saturated carbocycles. The predicted molar refractivity (Wildman–Crippen MR) is 86.2 cm³/mol.